The zero-order valence-corrected chi connectivity index (χ0v) is 10.7. The average molecular weight is 264 g/mol. The van der Waals surface area contributed by atoms with Crippen molar-refractivity contribution in [3.05, 3.63) is 29.3 Å². The molecular formula is C14H16O5. The predicted molar refractivity (Wildman–Crippen MR) is 67.1 cm³/mol. The first-order valence-electron chi connectivity index (χ1n) is 6.17. The van der Waals surface area contributed by atoms with Crippen LogP contribution in [0.1, 0.15) is 17.5 Å². The molecule has 1 heterocycles. The summed E-state index contributed by atoms with van der Waals surface area (Å²) in [6.45, 7) is 0.693. The minimum Gasteiger partial charge on any atom is -0.493 e. The lowest BCUT2D eigenvalue weighted by Gasteiger charge is -2.10. The van der Waals surface area contributed by atoms with Gasteiger partial charge in [-0.05, 0) is 30.0 Å². The summed E-state index contributed by atoms with van der Waals surface area (Å²) in [4.78, 5) is 22.3. The minimum atomic E-state index is -1.14. The molecule has 0 spiro atoms. The van der Waals surface area contributed by atoms with Gasteiger partial charge in [0.05, 0.1) is 13.7 Å². The second-order valence-electron chi connectivity index (χ2n) is 4.49. The normalized spacial score (nSPS) is 14.4. The largest absolute Gasteiger partial charge is 0.493 e. The molecule has 19 heavy (non-hydrogen) atoms. The number of hydrogen-bond acceptors (Lipinski definition) is 4. The van der Waals surface area contributed by atoms with Gasteiger partial charge in [0.2, 0.25) is 0 Å². The van der Waals surface area contributed by atoms with E-state index in [2.05, 4.69) is 4.74 Å². The predicted octanol–water partition coefficient (Wildman–Crippen LogP) is 1.43. The highest BCUT2D eigenvalue weighted by Crippen LogP contribution is 2.26. The molecule has 0 aliphatic carbocycles. The van der Waals surface area contributed by atoms with E-state index in [1.165, 1.54) is 7.11 Å². The maximum atomic E-state index is 11.3. The fourth-order valence-corrected chi connectivity index (χ4v) is 2.19. The van der Waals surface area contributed by atoms with E-state index < -0.39 is 17.9 Å². The number of carbonyl (C=O) groups is 2. The lowest BCUT2D eigenvalue weighted by atomic mass is 9.98. The van der Waals surface area contributed by atoms with E-state index in [0.717, 1.165) is 23.3 Å². The summed E-state index contributed by atoms with van der Waals surface area (Å²) in [7, 11) is 1.20. The summed E-state index contributed by atoms with van der Waals surface area (Å²) in [6.07, 6.45) is 1.64. The van der Waals surface area contributed by atoms with Crippen molar-refractivity contribution in [2.24, 2.45) is 5.92 Å². The quantitative estimate of drug-likeness (QED) is 0.643. The van der Waals surface area contributed by atoms with E-state index in [0.29, 0.717) is 13.0 Å². The van der Waals surface area contributed by atoms with Gasteiger partial charge in [-0.2, -0.15) is 0 Å². The molecule has 1 unspecified atom stereocenters. The Hall–Kier alpha value is -2.04. The van der Waals surface area contributed by atoms with Gasteiger partial charge in [-0.3, -0.25) is 9.59 Å². The maximum Gasteiger partial charge on any atom is 0.320 e. The Morgan fingerprint density at radius 1 is 1.47 bits per heavy atom. The van der Waals surface area contributed by atoms with E-state index >= 15 is 0 Å². The van der Waals surface area contributed by atoms with Crippen LogP contribution in [0.25, 0.3) is 0 Å². The van der Waals surface area contributed by atoms with Crippen LogP contribution in [0.15, 0.2) is 18.2 Å². The van der Waals surface area contributed by atoms with Gasteiger partial charge >= 0.3 is 11.9 Å². The van der Waals surface area contributed by atoms with Crippen molar-refractivity contribution in [2.45, 2.75) is 19.3 Å². The van der Waals surface area contributed by atoms with Crippen molar-refractivity contribution in [3.8, 4) is 5.75 Å². The number of aryl methyl sites for hydroxylation is 1. The third-order valence-electron chi connectivity index (χ3n) is 3.26. The first-order chi connectivity index (χ1) is 9.11. The summed E-state index contributed by atoms with van der Waals surface area (Å²) >= 11 is 0. The van der Waals surface area contributed by atoms with E-state index in [1.54, 1.807) is 0 Å². The number of fused-ring (bicyclic) bond motifs is 1. The van der Waals surface area contributed by atoms with Crippen molar-refractivity contribution < 1.29 is 24.2 Å². The number of rotatable bonds is 5. The van der Waals surface area contributed by atoms with E-state index in [4.69, 9.17) is 9.84 Å². The van der Waals surface area contributed by atoms with Crippen LogP contribution in [0, 0.1) is 5.92 Å². The summed E-state index contributed by atoms with van der Waals surface area (Å²) in [5.74, 6) is -2.05. The fraction of sp³-hybridized carbons (Fsp3) is 0.429. The van der Waals surface area contributed by atoms with Crippen molar-refractivity contribution in [2.75, 3.05) is 13.7 Å². The molecule has 0 saturated carbocycles. The van der Waals surface area contributed by atoms with Crippen LogP contribution < -0.4 is 4.74 Å². The third-order valence-corrected chi connectivity index (χ3v) is 3.26. The lowest BCUT2D eigenvalue weighted by Crippen LogP contribution is -2.25. The van der Waals surface area contributed by atoms with Crippen LogP contribution in [-0.4, -0.2) is 30.8 Å². The van der Waals surface area contributed by atoms with Crippen LogP contribution in [-0.2, 0) is 27.2 Å². The van der Waals surface area contributed by atoms with Crippen LogP contribution in [0.5, 0.6) is 5.75 Å². The fourth-order valence-electron chi connectivity index (χ4n) is 2.19. The molecule has 0 saturated heterocycles. The molecule has 5 nitrogen and oxygen atoms in total. The van der Waals surface area contributed by atoms with E-state index in [-0.39, 0.29) is 6.42 Å². The molecule has 1 N–H and O–H groups in total. The minimum absolute atomic E-state index is 0.238. The molecule has 0 radical (unpaired) electrons. The van der Waals surface area contributed by atoms with Gasteiger partial charge in [-0.15, -0.1) is 0 Å². The summed E-state index contributed by atoms with van der Waals surface area (Å²) in [6, 6.07) is 5.81. The molecule has 2 rings (SSSR count). The standard InChI is InChI=1S/C14H16O5/c1-18-14(17)11(13(15)16)4-2-9-3-5-12-10(8-9)6-7-19-12/h3,5,8,11H,2,4,6-7H2,1H3,(H,15,16). The van der Waals surface area contributed by atoms with Gasteiger partial charge < -0.3 is 14.6 Å². The van der Waals surface area contributed by atoms with Crippen LogP contribution in [0.4, 0.5) is 0 Å². The molecule has 1 aromatic rings. The summed E-state index contributed by atoms with van der Waals surface area (Å²) in [5, 5.41) is 8.99. The Balaban J connectivity index is 2.01. The Morgan fingerprint density at radius 2 is 2.26 bits per heavy atom. The summed E-state index contributed by atoms with van der Waals surface area (Å²) < 4.78 is 9.90. The van der Waals surface area contributed by atoms with Gasteiger partial charge in [-0.1, -0.05) is 12.1 Å². The highest BCUT2D eigenvalue weighted by atomic mass is 16.5. The molecule has 0 amide bonds. The molecule has 1 aliphatic rings. The zero-order chi connectivity index (χ0) is 13.8. The number of ether oxygens (including phenoxy) is 2. The smallest absolute Gasteiger partial charge is 0.320 e. The van der Waals surface area contributed by atoms with Gasteiger partial charge in [0.15, 0.2) is 5.92 Å². The number of aliphatic carboxylic acids is 1. The zero-order valence-electron chi connectivity index (χ0n) is 10.7. The van der Waals surface area contributed by atoms with E-state index in [1.807, 2.05) is 18.2 Å². The molecule has 5 heteroatoms. The van der Waals surface area contributed by atoms with E-state index in [9.17, 15) is 9.59 Å². The number of carbonyl (C=O) groups excluding carboxylic acids is 1. The van der Waals surface area contributed by atoms with Gasteiger partial charge in [0.1, 0.15) is 5.75 Å². The third kappa shape index (κ3) is 3.05. The van der Waals surface area contributed by atoms with Crippen molar-refractivity contribution in [1.82, 2.24) is 0 Å². The molecule has 1 atom stereocenters. The number of carboxylic acids is 1. The van der Waals surface area contributed by atoms with Gasteiger partial charge in [-0.25, -0.2) is 0 Å². The molecule has 1 aliphatic heterocycles. The Morgan fingerprint density at radius 3 is 2.95 bits per heavy atom. The van der Waals surface area contributed by atoms with Crippen molar-refractivity contribution >= 4 is 11.9 Å². The number of carboxylic acid groups (broad SMARTS) is 1. The Labute approximate surface area is 111 Å². The number of methoxy groups -OCH3 is 1. The molecule has 0 fully saturated rings. The second-order valence-corrected chi connectivity index (χ2v) is 4.49. The monoisotopic (exact) mass is 264 g/mol. The van der Waals surface area contributed by atoms with Gasteiger partial charge in [0.25, 0.3) is 0 Å². The lowest BCUT2D eigenvalue weighted by molar-refractivity contribution is -0.156. The van der Waals surface area contributed by atoms with Crippen LogP contribution in [0.3, 0.4) is 0 Å². The first-order valence-corrected chi connectivity index (χ1v) is 6.17. The number of hydrogen-bond donors (Lipinski definition) is 1. The number of esters is 1. The average Bonchev–Trinajstić information content (AvgIpc) is 2.85. The highest BCUT2D eigenvalue weighted by Gasteiger charge is 2.26. The van der Waals surface area contributed by atoms with Crippen LogP contribution >= 0.6 is 0 Å². The second kappa shape index (κ2) is 5.73. The van der Waals surface area contributed by atoms with Crippen LogP contribution in [0.2, 0.25) is 0 Å². The first kappa shape index (κ1) is 13.4. The molecule has 102 valence electrons. The highest BCUT2D eigenvalue weighted by molar-refractivity contribution is 5.93. The maximum absolute atomic E-state index is 11.3. The molecular weight excluding hydrogens is 248 g/mol. The molecule has 0 aromatic heterocycles. The van der Waals surface area contributed by atoms with Gasteiger partial charge in [0, 0.05) is 6.42 Å². The Kier molecular flexibility index (Phi) is 4.04. The van der Waals surface area contributed by atoms with Crippen molar-refractivity contribution in [1.29, 1.82) is 0 Å². The van der Waals surface area contributed by atoms with Crippen molar-refractivity contribution in [3.63, 3.8) is 0 Å². The number of benzene rings is 1. The topological polar surface area (TPSA) is 72.8 Å². The summed E-state index contributed by atoms with van der Waals surface area (Å²) in [5.41, 5.74) is 2.15. The molecule has 0 bridgehead atoms. The molecule has 1 aromatic carbocycles. The SMILES string of the molecule is COC(=O)C(CCc1ccc2c(c1)CCO2)C(=O)O. The Bertz CT molecular complexity index is 495.